The van der Waals surface area contributed by atoms with E-state index in [1.54, 1.807) is 0 Å². The molecule has 0 atom stereocenters. The highest BCUT2D eigenvalue weighted by atomic mass is 127. The van der Waals surface area contributed by atoms with Crippen LogP contribution in [0.15, 0.2) is 6.07 Å². The van der Waals surface area contributed by atoms with E-state index in [0.29, 0.717) is 16.1 Å². The zero-order valence-electron chi connectivity index (χ0n) is 4.81. The van der Waals surface area contributed by atoms with E-state index in [-0.39, 0.29) is 0 Å². The van der Waals surface area contributed by atoms with Gasteiger partial charge in [-0.25, -0.2) is 9.97 Å². The predicted molar refractivity (Wildman–Crippen MR) is 49.8 cm³/mol. The molecule has 0 fully saturated rings. The zero-order chi connectivity index (χ0) is 7.56. The van der Waals surface area contributed by atoms with Crippen LogP contribution in [-0.2, 0) is 4.43 Å². The molecular weight excluding hydrogens is 286 g/mol. The van der Waals surface area contributed by atoms with Crippen molar-refractivity contribution in [1.82, 2.24) is 9.97 Å². The van der Waals surface area contributed by atoms with Gasteiger partial charge in [-0.05, 0) is 0 Å². The van der Waals surface area contributed by atoms with E-state index >= 15 is 0 Å². The van der Waals surface area contributed by atoms with Gasteiger partial charge in [-0.1, -0.05) is 45.8 Å². The smallest absolute Gasteiger partial charge is 0.141 e. The fraction of sp³-hybridized carbons (Fsp3) is 0.200. The van der Waals surface area contributed by atoms with Crippen molar-refractivity contribution in [2.45, 2.75) is 4.43 Å². The second kappa shape index (κ2) is 3.69. The molecular formula is C5H3Cl2IN2. The van der Waals surface area contributed by atoms with Crippen molar-refractivity contribution in [1.29, 1.82) is 0 Å². The molecule has 0 bridgehead atoms. The summed E-state index contributed by atoms with van der Waals surface area (Å²) in [5.41, 5.74) is 0. The van der Waals surface area contributed by atoms with Crippen molar-refractivity contribution >= 4 is 45.8 Å². The van der Waals surface area contributed by atoms with E-state index in [1.165, 1.54) is 6.07 Å². The van der Waals surface area contributed by atoms with Crippen LogP contribution in [0.1, 0.15) is 5.82 Å². The Kier molecular flexibility index (Phi) is 3.13. The topological polar surface area (TPSA) is 25.8 Å². The largest absolute Gasteiger partial charge is 0.220 e. The molecule has 0 amide bonds. The van der Waals surface area contributed by atoms with E-state index in [9.17, 15) is 0 Å². The highest BCUT2D eigenvalue weighted by Crippen LogP contribution is 2.12. The third-order valence-electron chi connectivity index (χ3n) is 0.829. The Labute approximate surface area is 82.1 Å². The highest BCUT2D eigenvalue weighted by Gasteiger charge is 1.98. The Hall–Kier alpha value is 0.390. The van der Waals surface area contributed by atoms with Gasteiger partial charge in [0.15, 0.2) is 0 Å². The first-order chi connectivity index (χ1) is 4.72. The van der Waals surface area contributed by atoms with Gasteiger partial charge in [0, 0.05) is 6.07 Å². The molecule has 10 heavy (non-hydrogen) atoms. The minimum atomic E-state index is 0.395. The Bertz CT molecular complexity index is 221. The van der Waals surface area contributed by atoms with Crippen LogP contribution < -0.4 is 0 Å². The number of hydrogen-bond acceptors (Lipinski definition) is 2. The molecule has 0 saturated heterocycles. The highest BCUT2D eigenvalue weighted by molar-refractivity contribution is 14.1. The molecule has 0 aliphatic heterocycles. The predicted octanol–water partition coefficient (Wildman–Crippen LogP) is 2.72. The van der Waals surface area contributed by atoms with E-state index < -0.39 is 0 Å². The molecule has 0 N–H and O–H groups in total. The van der Waals surface area contributed by atoms with E-state index in [1.807, 2.05) is 0 Å². The van der Waals surface area contributed by atoms with Gasteiger partial charge in [0.25, 0.3) is 0 Å². The standard InChI is InChI=1S/C5H3Cl2IN2/c6-3-1-4(7)10-5(2-8)9-3/h1H,2H2. The van der Waals surface area contributed by atoms with Crippen LogP contribution in [0.25, 0.3) is 0 Å². The lowest BCUT2D eigenvalue weighted by Crippen LogP contribution is -1.90. The van der Waals surface area contributed by atoms with Crippen LogP contribution in [0.2, 0.25) is 10.3 Å². The number of aromatic nitrogens is 2. The second-order valence-electron chi connectivity index (χ2n) is 1.56. The second-order valence-corrected chi connectivity index (χ2v) is 3.10. The maximum absolute atomic E-state index is 5.59. The van der Waals surface area contributed by atoms with Crippen LogP contribution in [0.4, 0.5) is 0 Å². The molecule has 5 heteroatoms. The lowest BCUT2D eigenvalue weighted by molar-refractivity contribution is 1.05. The first kappa shape index (κ1) is 8.49. The zero-order valence-corrected chi connectivity index (χ0v) is 8.48. The molecule has 2 nitrogen and oxygen atoms in total. The maximum atomic E-state index is 5.59. The summed E-state index contributed by atoms with van der Waals surface area (Å²) >= 11 is 13.3. The average Bonchev–Trinajstić information content (AvgIpc) is 1.85. The van der Waals surface area contributed by atoms with Crippen molar-refractivity contribution in [3.63, 3.8) is 0 Å². The summed E-state index contributed by atoms with van der Waals surface area (Å²) in [4.78, 5) is 7.83. The minimum absolute atomic E-state index is 0.395. The van der Waals surface area contributed by atoms with Crippen molar-refractivity contribution in [3.05, 3.63) is 22.2 Å². The van der Waals surface area contributed by atoms with Gasteiger partial charge in [0.1, 0.15) is 16.1 Å². The molecule has 1 aromatic rings. The molecule has 0 aromatic carbocycles. The van der Waals surface area contributed by atoms with E-state index in [2.05, 4.69) is 32.6 Å². The van der Waals surface area contributed by atoms with Gasteiger partial charge in [0.05, 0.1) is 4.43 Å². The third kappa shape index (κ3) is 2.21. The molecule has 0 radical (unpaired) electrons. The van der Waals surface area contributed by atoms with Crippen LogP contribution >= 0.6 is 45.8 Å². The Balaban J connectivity index is 3.06. The average molecular weight is 289 g/mol. The number of rotatable bonds is 1. The van der Waals surface area contributed by atoms with Crippen molar-refractivity contribution in [3.8, 4) is 0 Å². The summed E-state index contributed by atoms with van der Waals surface area (Å²) in [6, 6.07) is 1.51. The molecule has 0 aliphatic carbocycles. The van der Waals surface area contributed by atoms with Gasteiger partial charge >= 0.3 is 0 Å². The molecule has 0 unspecified atom stereocenters. The Morgan fingerprint density at radius 1 is 1.30 bits per heavy atom. The van der Waals surface area contributed by atoms with E-state index in [4.69, 9.17) is 23.2 Å². The van der Waals surface area contributed by atoms with Gasteiger partial charge in [-0.3, -0.25) is 0 Å². The minimum Gasteiger partial charge on any atom is -0.220 e. The number of hydrogen-bond donors (Lipinski definition) is 0. The normalized spacial score (nSPS) is 9.90. The monoisotopic (exact) mass is 288 g/mol. The first-order valence-corrected chi connectivity index (χ1v) is 4.75. The van der Waals surface area contributed by atoms with Crippen molar-refractivity contribution in [2.24, 2.45) is 0 Å². The molecule has 0 saturated carbocycles. The Morgan fingerprint density at radius 2 is 1.80 bits per heavy atom. The Morgan fingerprint density at radius 3 is 2.20 bits per heavy atom. The summed E-state index contributed by atoms with van der Waals surface area (Å²) < 4.78 is 0.720. The van der Waals surface area contributed by atoms with Crippen molar-refractivity contribution in [2.75, 3.05) is 0 Å². The summed E-state index contributed by atoms with van der Waals surface area (Å²) in [5.74, 6) is 0.665. The molecule has 1 heterocycles. The molecule has 0 aliphatic rings. The summed E-state index contributed by atoms with van der Waals surface area (Å²) in [5, 5.41) is 0.790. The lowest BCUT2D eigenvalue weighted by atomic mass is 10.6. The van der Waals surface area contributed by atoms with E-state index in [0.717, 1.165) is 4.43 Å². The quantitative estimate of drug-likeness (QED) is 0.451. The molecule has 1 aromatic heterocycles. The molecule has 54 valence electrons. The van der Waals surface area contributed by atoms with Crippen LogP contribution in [-0.4, -0.2) is 9.97 Å². The van der Waals surface area contributed by atoms with Crippen molar-refractivity contribution < 1.29 is 0 Å². The fourth-order valence-electron chi connectivity index (χ4n) is 0.494. The molecule has 1 rings (SSSR count). The van der Waals surface area contributed by atoms with Gasteiger partial charge in [-0.2, -0.15) is 0 Å². The SMILES string of the molecule is Clc1cc(Cl)nc(CI)n1. The van der Waals surface area contributed by atoms with Gasteiger partial charge < -0.3 is 0 Å². The number of nitrogens with zero attached hydrogens (tertiary/aromatic N) is 2. The van der Waals surface area contributed by atoms with Crippen LogP contribution in [0.5, 0.6) is 0 Å². The fourth-order valence-corrected chi connectivity index (χ4v) is 1.29. The summed E-state index contributed by atoms with van der Waals surface area (Å²) in [7, 11) is 0. The summed E-state index contributed by atoms with van der Waals surface area (Å²) in [6.45, 7) is 0. The van der Waals surface area contributed by atoms with Crippen LogP contribution in [0, 0.1) is 0 Å². The summed E-state index contributed by atoms with van der Waals surface area (Å²) in [6.07, 6.45) is 0. The van der Waals surface area contributed by atoms with Gasteiger partial charge in [0.2, 0.25) is 0 Å². The number of alkyl halides is 1. The lowest BCUT2D eigenvalue weighted by Gasteiger charge is -1.94. The number of halogens is 3. The first-order valence-electron chi connectivity index (χ1n) is 2.47. The van der Waals surface area contributed by atoms with Gasteiger partial charge in [-0.15, -0.1) is 0 Å². The third-order valence-corrected chi connectivity index (χ3v) is 1.90. The molecule has 0 spiro atoms. The maximum Gasteiger partial charge on any atom is 0.141 e. The van der Waals surface area contributed by atoms with Crippen LogP contribution in [0.3, 0.4) is 0 Å².